The zero-order chi connectivity index (χ0) is 71.6. The number of thiazole rings is 1. The highest BCUT2D eigenvalue weighted by Gasteiger charge is 2.44. The topological polar surface area (TPSA) is 340 Å². The molecule has 0 radical (unpaired) electrons. The SMILES string of the molecule is CCC(C)C(C(CC(=O)N1CCCC1C(OC)C(C)C(=O)NC(Cc1ccccc1)c1nccs1)OC)N(C)C(=O)C(NC(=O)C(C(C)C)N(C)C(=O)OCc1ccc(NC(=O)C(CCCNC(N)=O)NC(=O)C(NC(=O)CCCCCN2C(=O)C=CC2=O)C(C)C)cc1)C(C)C. The summed E-state index contributed by atoms with van der Waals surface area (Å²) in [5, 5.41) is 19.6. The average Bonchev–Trinajstić information content (AvgIpc) is 1.80. The molecule has 12 amide bonds. The third-order valence-corrected chi connectivity index (χ3v) is 19.0. The first kappa shape index (κ1) is 79.4. The lowest BCUT2D eigenvalue weighted by Crippen LogP contribution is -2.60. The molecule has 534 valence electrons. The van der Waals surface area contributed by atoms with E-state index in [1.54, 1.807) is 82.1 Å². The molecule has 1 fully saturated rings. The number of nitrogens with two attached hydrogens (primary N) is 1. The van der Waals surface area contributed by atoms with Gasteiger partial charge in [0.25, 0.3) is 11.8 Å². The second kappa shape index (κ2) is 39.2. The fourth-order valence-electron chi connectivity index (χ4n) is 12.4. The average molecular weight is 1370 g/mol. The number of nitrogens with zero attached hydrogens (tertiary/aromatic N) is 5. The highest BCUT2D eigenvalue weighted by molar-refractivity contribution is 7.09. The van der Waals surface area contributed by atoms with Crippen LogP contribution >= 0.6 is 11.3 Å². The number of imide groups is 1. The number of anilines is 1. The molecule has 26 nitrogen and oxygen atoms in total. The molecule has 2 aliphatic heterocycles. The van der Waals surface area contributed by atoms with Gasteiger partial charge in [0.1, 0.15) is 35.8 Å². The predicted molar refractivity (Wildman–Crippen MR) is 368 cm³/mol. The molecule has 3 heterocycles. The van der Waals surface area contributed by atoms with Gasteiger partial charge in [0.2, 0.25) is 41.4 Å². The number of primary amides is 1. The van der Waals surface area contributed by atoms with Gasteiger partial charge in [-0.1, -0.05) is 118 Å². The van der Waals surface area contributed by atoms with Crippen molar-refractivity contribution in [3.8, 4) is 0 Å². The number of benzene rings is 2. The number of likely N-dealkylation sites (tertiary alicyclic amines) is 1. The lowest BCUT2D eigenvalue weighted by atomic mass is 9.89. The summed E-state index contributed by atoms with van der Waals surface area (Å²) in [5.74, 6) is -5.80. The molecule has 3 aromatic rings. The maximum Gasteiger partial charge on any atom is 0.410 e. The summed E-state index contributed by atoms with van der Waals surface area (Å²) in [7, 11) is 6.16. The molecule has 1 aromatic heterocycles. The van der Waals surface area contributed by atoms with E-state index in [1.807, 2.05) is 70.3 Å². The van der Waals surface area contributed by atoms with Crippen LogP contribution in [0, 0.1) is 29.6 Å². The van der Waals surface area contributed by atoms with Gasteiger partial charge < -0.3 is 61.6 Å². The van der Waals surface area contributed by atoms with Gasteiger partial charge in [0, 0.05) is 83.8 Å². The van der Waals surface area contributed by atoms with Gasteiger partial charge in [0.15, 0.2) is 0 Å². The van der Waals surface area contributed by atoms with E-state index < -0.39 is 102 Å². The maximum absolute atomic E-state index is 14.9. The van der Waals surface area contributed by atoms with Crippen molar-refractivity contribution in [3.05, 3.63) is 94.5 Å². The summed E-state index contributed by atoms with van der Waals surface area (Å²) in [6, 6.07) is 9.87. The summed E-state index contributed by atoms with van der Waals surface area (Å²) in [6.07, 6.45) is 6.28. The van der Waals surface area contributed by atoms with Crippen LogP contribution in [0.3, 0.4) is 0 Å². The Morgan fingerprint density at radius 2 is 1.40 bits per heavy atom. The third kappa shape index (κ3) is 23.5. The number of aromatic nitrogens is 1. The van der Waals surface area contributed by atoms with Crippen LogP contribution < -0.4 is 37.6 Å². The molecular formula is C70H104N12O14S. The lowest BCUT2D eigenvalue weighted by Gasteiger charge is -2.41. The summed E-state index contributed by atoms with van der Waals surface area (Å²) < 4.78 is 17.9. The van der Waals surface area contributed by atoms with E-state index in [1.165, 1.54) is 42.5 Å². The van der Waals surface area contributed by atoms with Gasteiger partial charge in [-0.3, -0.25) is 53.0 Å². The Hall–Kier alpha value is -8.30. The first-order chi connectivity index (χ1) is 46.1. The Balaban J connectivity index is 1.18. The number of rotatable bonds is 39. The molecule has 27 heteroatoms. The predicted octanol–water partition coefficient (Wildman–Crippen LogP) is 6.40. The Labute approximate surface area is 575 Å². The molecular weight excluding hydrogens is 1260 g/mol. The lowest BCUT2D eigenvalue weighted by molar-refractivity contribution is -0.148. The summed E-state index contributed by atoms with van der Waals surface area (Å²) >= 11 is 1.47. The Morgan fingerprint density at radius 1 is 0.732 bits per heavy atom. The van der Waals surface area contributed by atoms with Crippen molar-refractivity contribution in [1.82, 2.24) is 51.2 Å². The number of carbonyl (C=O) groups excluding carboxylic acids is 11. The molecule has 97 heavy (non-hydrogen) atoms. The quantitative estimate of drug-likeness (QED) is 0.0240. The van der Waals surface area contributed by atoms with Crippen LogP contribution in [-0.4, -0.2) is 186 Å². The van der Waals surface area contributed by atoms with Crippen LogP contribution in [0.2, 0.25) is 0 Å². The van der Waals surface area contributed by atoms with Crippen molar-refractivity contribution in [2.45, 2.75) is 194 Å². The van der Waals surface area contributed by atoms with Crippen molar-refractivity contribution in [3.63, 3.8) is 0 Å². The second-order valence-electron chi connectivity index (χ2n) is 26.2. The van der Waals surface area contributed by atoms with Crippen molar-refractivity contribution in [1.29, 1.82) is 0 Å². The number of methoxy groups -OCH3 is 2. The van der Waals surface area contributed by atoms with E-state index in [-0.39, 0.29) is 92.8 Å². The minimum atomic E-state index is -1.11. The number of nitrogens with one attached hydrogen (secondary N) is 6. The number of hydrogen-bond donors (Lipinski definition) is 7. The highest BCUT2D eigenvalue weighted by Crippen LogP contribution is 2.31. The number of urea groups is 1. The summed E-state index contributed by atoms with van der Waals surface area (Å²) in [6.45, 7) is 17.0. The van der Waals surface area contributed by atoms with Crippen LogP contribution in [0.15, 0.2) is 78.3 Å². The molecule has 2 aromatic carbocycles. The normalized spacial score (nSPS) is 16.9. The number of hydrogen-bond acceptors (Lipinski definition) is 16. The largest absolute Gasteiger partial charge is 0.445 e. The van der Waals surface area contributed by atoms with Gasteiger partial charge in [-0.15, -0.1) is 11.3 Å². The van der Waals surface area contributed by atoms with Crippen LogP contribution in [0.5, 0.6) is 0 Å². The number of amides is 12. The molecule has 0 saturated carbocycles. The molecule has 2 aliphatic rings. The van der Waals surface area contributed by atoms with Gasteiger partial charge in [-0.25, -0.2) is 14.6 Å². The molecule has 8 N–H and O–H groups in total. The Bertz CT molecular complexity index is 3120. The molecule has 1 saturated heterocycles. The van der Waals surface area contributed by atoms with Crippen molar-refractivity contribution in [2.24, 2.45) is 35.3 Å². The number of ether oxygens (including phenoxy) is 3. The zero-order valence-electron chi connectivity index (χ0n) is 58.6. The fraction of sp³-hybridized carbons (Fsp3) is 0.600. The van der Waals surface area contributed by atoms with E-state index in [9.17, 15) is 52.7 Å². The van der Waals surface area contributed by atoms with Gasteiger partial charge in [-0.2, -0.15) is 0 Å². The maximum atomic E-state index is 14.9. The summed E-state index contributed by atoms with van der Waals surface area (Å²) in [5.41, 5.74) is 7.17. The highest BCUT2D eigenvalue weighted by atomic mass is 32.1. The molecule has 11 unspecified atom stereocenters. The molecule has 0 aliphatic carbocycles. The van der Waals surface area contributed by atoms with Gasteiger partial charge in [0.05, 0.1) is 42.7 Å². The second-order valence-corrected chi connectivity index (χ2v) is 27.2. The number of unbranched alkanes of at least 4 members (excludes halogenated alkanes) is 2. The molecule has 5 rings (SSSR count). The molecule has 0 bridgehead atoms. The zero-order valence-corrected chi connectivity index (χ0v) is 59.4. The van der Waals surface area contributed by atoms with E-state index in [0.29, 0.717) is 62.7 Å². The van der Waals surface area contributed by atoms with E-state index in [0.717, 1.165) is 15.5 Å². The van der Waals surface area contributed by atoms with E-state index in [2.05, 4.69) is 36.9 Å². The Kier molecular flexibility index (Phi) is 32.1. The minimum absolute atomic E-state index is 0.0756. The first-order valence-electron chi connectivity index (χ1n) is 33.7. The third-order valence-electron chi connectivity index (χ3n) is 18.1. The van der Waals surface area contributed by atoms with Crippen molar-refractivity contribution < 1.29 is 67.0 Å². The van der Waals surface area contributed by atoms with E-state index >= 15 is 0 Å². The Morgan fingerprint density at radius 3 is 1.99 bits per heavy atom. The molecule has 11 atom stereocenters. The van der Waals surface area contributed by atoms with Crippen LogP contribution in [0.25, 0.3) is 0 Å². The van der Waals surface area contributed by atoms with Gasteiger partial charge in [-0.05, 0) is 91.9 Å². The minimum Gasteiger partial charge on any atom is -0.445 e. The van der Waals surface area contributed by atoms with Gasteiger partial charge >= 0.3 is 12.1 Å². The number of likely N-dealkylation sites (N-methyl/N-ethyl adjacent to an activating group) is 2. The van der Waals surface area contributed by atoms with Crippen molar-refractivity contribution >= 4 is 82.3 Å². The standard InChI is InChI=1S/C70H104N12O14S/c1-14-45(8)61(53(94-12)40-57(86)81-37-22-26-52(81)62(95-13)46(9)63(87)76-51(67-72-35-38-97-67)39-47-23-17-15-18-24-47)79(10)68(91)59(43(4)5)78-66(90)60(44(6)7)80(11)70(93)96-41-48-28-30-49(31-29-48)74-64(88)50(25-21-34-73-69(71)92)75-65(89)58(42(2)3)77-54(83)27-19-16-20-36-82-55(84)32-33-56(82)85/h15,17-18,23-24,28-33,35,38,42-46,50-53,58-62H,14,16,19-22,25-27,34,36-37,39-41H2,1-13H3,(H,74,88)(H,75,89)(H,76,87)(H,77,83)(H,78,90)(H3,71,73,92). The van der Waals surface area contributed by atoms with E-state index in [4.69, 9.17) is 19.9 Å². The van der Waals surface area contributed by atoms with Crippen LogP contribution in [0.4, 0.5) is 15.3 Å². The summed E-state index contributed by atoms with van der Waals surface area (Å²) in [4.78, 5) is 158. The monoisotopic (exact) mass is 1370 g/mol. The smallest absolute Gasteiger partial charge is 0.410 e. The molecule has 0 spiro atoms. The first-order valence-corrected chi connectivity index (χ1v) is 34.6. The fourth-order valence-corrected chi connectivity index (χ4v) is 13.1. The van der Waals surface area contributed by atoms with Crippen LogP contribution in [0.1, 0.15) is 149 Å². The number of carbonyl (C=O) groups is 11. The van der Waals surface area contributed by atoms with Crippen molar-refractivity contribution in [2.75, 3.05) is 53.3 Å². The van der Waals surface area contributed by atoms with Crippen LogP contribution in [-0.2, 0) is 70.4 Å².